The third kappa shape index (κ3) is 5.85. The number of halogens is 4. The Morgan fingerprint density at radius 3 is 2.68 bits per heavy atom. The van der Waals surface area contributed by atoms with Crippen LogP contribution in [0.5, 0.6) is 0 Å². The number of piperidine rings is 1. The van der Waals surface area contributed by atoms with Gasteiger partial charge in [0.2, 0.25) is 5.95 Å². The standard InChI is InChI=1S/C28H26BrCl2FN4O/c29-21-4-6-25-22(16-21)28(18-36(25)27(37)34-17-20-7-10-33-26(32)15-20)8-12-35(13-9-28)11-1-2-19-3-5-23(30)24(31)14-19/h1-7,10,14-16H,8-9,11-13,17-18H2,(H,34,37). The summed E-state index contributed by atoms with van der Waals surface area (Å²) >= 11 is 15.8. The van der Waals surface area contributed by atoms with E-state index in [1.165, 1.54) is 17.8 Å². The minimum atomic E-state index is -0.555. The number of carbonyl (C=O) groups is 1. The summed E-state index contributed by atoms with van der Waals surface area (Å²) in [6.07, 6.45) is 7.53. The maximum Gasteiger partial charge on any atom is 0.322 e. The molecule has 2 amide bonds. The van der Waals surface area contributed by atoms with E-state index in [-0.39, 0.29) is 18.0 Å². The number of hydrogen-bond acceptors (Lipinski definition) is 3. The summed E-state index contributed by atoms with van der Waals surface area (Å²) in [5.41, 5.74) is 3.75. The Labute approximate surface area is 234 Å². The zero-order chi connectivity index (χ0) is 26.0. The van der Waals surface area contributed by atoms with Gasteiger partial charge in [-0.05, 0) is 85.1 Å². The first-order valence-corrected chi connectivity index (χ1v) is 13.7. The van der Waals surface area contributed by atoms with Crippen LogP contribution >= 0.6 is 39.1 Å². The van der Waals surface area contributed by atoms with Crippen LogP contribution in [-0.4, -0.2) is 42.1 Å². The largest absolute Gasteiger partial charge is 0.334 e. The molecular weight excluding hydrogens is 578 g/mol. The van der Waals surface area contributed by atoms with Gasteiger partial charge in [-0.2, -0.15) is 4.39 Å². The molecule has 5 rings (SSSR count). The summed E-state index contributed by atoms with van der Waals surface area (Å²) in [7, 11) is 0. The van der Waals surface area contributed by atoms with Gasteiger partial charge in [-0.15, -0.1) is 0 Å². The molecule has 1 aromatic heterocycles. The number of nitrogens with one attached hydrogen (secondary N) is 1. The summed E-state index contributed by atoms with van der Waals surface area (Å²) in [6, 6.07) is 14.6. The molecule has 0 saturated carbocycles. The second-order valence-electron chi connectivity index (χ2n) is 9.55. The van der Waals surface area contributed by atoms with Gasteiger partial charge >= 0.3 is 6.03 Å². The maximum absolute atomic E-state index is 13.4. The van der Waals surface area contributed by atoms with Crippen LogP contribution < -0.4 is 10.2 Å². The molecule has 1 N–H and O–H groups in total. The van der Waals surface area contributed by atoms with E-state index >= 15 is 0 Å². The van der Waals surface area contributed by atoms with E-state index in [1.54, 1.807) is 12.1 Å². The van der Waals surface area contributed by atoms with Crippen molar-refractivity contribution in [2.45, 2.75) is 24.8 Å². The average Bonchev–Trinajstić information content (AvgIpc) is 3.19. The number of urea groups is 1. The molecule has 1 fully saturated rings. The van der Waals surface area contributed by atoms with Gasteiger partial charge in [0, 0.05) is 41.4 Å². The summed E-state index contributed by atoms with van der Waals surface area (Å²) in [4.78, 5) is 21.1. The van der Waals surface area contributed by atoms with Crippen molar-refractivity contribution in [2.75, 3.05) is 31.1 Å². The number of carbonyl (C=O) groups excluding carboxylic acids is 1. The lowest BCUT2D eigenvalue weighted by atomic mass is 9.74. The first-order valence-electron chi connectivity index (χ1n) is 12.1. The highest BCUT2D eigenvalue weighted by atomic mass is 79.9. The normalized spacial score (nSPS) is 16.9. The van der Waals surface area contributed by atoms with E-state index in [1.807, 2.05) is 29.2 Å². The van der Waals surface area contributed by atoms with Crippen molar-refractivity contribution >= 4 is 56.9 Å². The first kappa shape index (κ1) is 26.2. The van der Waals surface area contributed by atoms with Crippen LogP contribution in [0.1, 0.15) is 29.5 Å². The Morgan fingerprint density at radius 1 is 1.11 bits per heavy atom. The summed E-state index contributed by atoms with van der Waals surface area (Å²) in [6.45, 7) is 3.58. The molecule has 0 bridgehead atoms. The molecule has 0 unspecified atom stereocenters. The summed E-state index contributed by atoms with van der Waals surface area (Å²) in [5, 5.41) is 4.05. The Kier molecular flexibility index (Phi) is 7.86. The zero-order valence-corrected chi connectivity index (χ0v) is 23.2. The lowest BCUT2D eigenvalue weighted by Crippen LogP contribution is -2.47. The molecule has 0 aliphatic carbocycles. The lowest BCUT2D eigenvalue weighted by molar-refractivity contribution is 0.180. The van der Waals surface area contributed by atoms with Crippen LogP contribution in [0.4, 0.5) is 14.9 Å². The summed E-state index contributed by atoms with van der Waals surface area (Å²) in [5.74, 6) is -0.555. The van der Waals surface area contributed by atoms with Crippen LogP contribution in [0.15, 0.2) is 65.3 Å². The Morgan fingerprint density at radius 2 is 1.92 bits per heavy atom. The molecule has 1 saturated heterocycles. The minimum absolute atomic E-state index is 0.0941. The van der Waals surface area contributed by atoms with Gasteiger partial charge in [-0.3, -0.25) is 9.80 Å². The van der Waals surface area contributed by atoms with Gasteiger partial charge < -0.3 is 5.32 Å². The fourth-order valence-electron chi connectivity index (χ4n) is 5.19. The predicted molar refractivity (Wildman–Crippen MR) is 151 cm³/mol. The molecule has 2 aromatic carbocycles. The zero-order valence-electron chi connectivity index (χ0n) is 20.1. The van der Waals surface area contributed by atoms with E-state index in [0.29, 0.717) is 22.2 Å². The van der Waals surface area contributed by atoms with Gasteiger partial charge in [0.1, 0.15) is 0 Å². The second kappa shape index (κ2) is 11.1. The van der Waals surface area contributed by atoms with Crippen LogP contribution in [0.25, 0.3) is 6.08 Å². The van der Waals surface area contributed by atoms with Gasteiger partial charge in [-0.25, -0.2) is 9.78 Å². The quantitative estimate of drug-likeness (QED) is 0.317. The number of hydrogen-bond donors (Lipinski definition) is 1. The molecular formula is C28H26BrCl2FN4O. The van der Waals surface area contributed by atoms with Crippen molar-refractivity contribution in [3.63, 3.8) is 0 Å². The van der Waals surface area contributed by atoms with Crippen LogP contribution in [0.2, 0.25) is 10.0 Å². The van der Waals surface area contributed by atoms with Crippen molar-refractivity contribution in [1.82, 2.24) is 15.2 Å². The SMILES string of the molecule is O=C(NCc1ccnc(F)c1)N1CC2(CCN(CC=Cc3ccc(Cl)c(Cl)c3)CC2)c2cc(Br)ccc21. The highest BCUT2D eigenvalue weighted by Crippen LogP contribution is 2.48. The smallest absolute Gasteiger partial charge is 0.322 e. The summed E-state index contributed by atoms with van der Waals surface area (Å²) < 4.78 is 14.4. The minimum Gasteiger partial charge on any atom is -0.334 e. The van der Waals surface area contributed by atoms with Gasteiger partial charge in [0.15, 0.2) is 0 Å². The number of fused-ring (bicyclic) bond motifs is 2. The van der Waals surface area contributed by atoms with Crippen molar-refractivity contribution in [1.29, 1.82) is 0 Å². The van der Waals surface area contributed by atoms with Crippen molar-refractivity contribution < 1.29 is 9.18 Å². The topological polar surface area (TPSA) is 48.5 Å². The highest BCUT2D eigenvalue weighted by Gasteiger charge is 2.46. The number of likely N-dealkylation sites (tertiary alicyclic amines) is 1. The molecule has 0 atom stereocenters. The molecule has 3 heterocycles. The number of nitrogens with zero attached hydrogens (tertiary/aromatic N) is 3. The third-order valence-corrected chi connectivity index (χ3v) is 8.42. The Balaban J connectivity index is 1.24. The number of pyridine rings is 1. The predicted octanol–water partition coefficient (Wildman–Crippen LogP) is 7.07. The Bertz CT molecular complexity index is 1340. The Hall–Kier alpha value is -2.45. The molecule has 1 spiro atoms. The number of rotatable bonds is 5. The van der Waals surface area contributed by atoms with Gasteiger partial charge in [-0.1, -0.05) is 57.4 Å². The fourth-order valence-corrected chi connectivity index (χ4v) is 5.86. The first-order chi connectivity index (χ1) is 17.8. The number of benzene rings is 2. The molecule has 192 valence electrons. The number of aromatic nitrogens is 1. The molecule has 37 heavy (non-hydrogen) atoms. The molecule has 0 radical (unpaired) electrons. The third-order valence-electron chi connectivity index (χ3n) is 7.19. The monoisotopic (exact) mass is 602 g/mol. The van der Waals surface area contributed by atoms with Crippen molar-refractivity contribution in [3.8, 4) is 0 Å². The van der Waals surface area contributed by atoms with Gasteiger partial charge in [0.05, 0.1) is 10.0 Å². The van der Waals surface area contributed by atoms with E-state index in [0.717, 1.165) is 48.2 Å². The lowest BCUT2D eigenvalue weighted by Gasteiger charge is -2.39. The van der Waals surface area contributed by atoms with Crippen molar-refractivity contribution in [2.24, 2.45) is 0 Å². The van der Waals surface area contributed by atoms with Crippen molar-refractivity contribution in [3.05, 3.63) is 98.0 Å². The van der Waals surface area contributed by atoms with E-state index < -0.39 is 5.95 Å². The maximum atomic E-state index is 13.4. The molecule has 2 aliphatic rings. The van der Waals surface area contributed by atoms with Crippen LogP contribution in [0, 0.1) is 5.95 Å². The van der Waals surface area contributed by atoms with E-state index in [4.69, 9.17) is 23.2 Å². The van der Waals surface area contributed by atoms with Gasteiger partial charge in [0.25, 0.3) is 0 Å². The molecule has 5 nitrogen and oxygen atoms in total. The highest BCUT2D eigenvalue weighted by molar-refractivity contribution is 9.10. The van der Waals surface area contributed by atoms with Crippen LogP contribution in [-0.2, 0) is 12.0 Å². The van der Waals surface area contributed by atoms with Crippen LogP contribution in [0.3, 0.4) is 0 Å². The molecule has 2 aliphatic heterocycles. The second-order valence-corrected chi connectivity index (χ2v) is 11.3. The molecule has 9 heteroatoms. The number of amides is 2. The van der Waals surface area contributed by atoms with E-state index in [2.05, 4.69) is 49.3 Å². The average molecular weight is 604 g/mol. The number of anilines is 1. The molecule has 3 aromatic rings. The fraction of sp³-hybridized carbons (Fsp3) is 0.286. The van der Waals surface area contributed by atoms with E-state index in [9.17, 15) is 9.18 Å².